The van der Waals surface area contributed by atoms with Crippen molar-refractivity contribution in [3.05, 3.63) is 59.9 Å². The molecular weight excluding hydrogens is 345 g/mol. The van der Waals surface area contributed by atoms with Crippen molar-refractivity contribution >= 4 is 23.1 Å². The first-order valence-electron chi connectivity index (χ1n) is 9.11. The van der Waals surface area contributed by atoms with Crippen molar-refractivity contribution in [1.29, 1.82) is 0 Å². The second kappa shape index (κ2) is 8.31. The lowest BCUT2D eigenvalue weighted by atomic mass is 10.1. The zero-order valence-corrected chi connectivity index (χ0v) is 15.6. The molecule has 1 amide bonds. The molecule has 0 aliphatic carbocycles. The number of rotatable bonds is 5. The maximum atomic E-state index is 14.3. The highest BCUT2D eigenvalue weighted by Gasteiger charge is 2.26. The Balaban J connectivity index is 1.58. The Hall–Kier alpha value is -2.73. The quantitative estimate of drug-likeness (QED) is 0.823. The molecule has 0 radical (unpaired) electrons. The Morgan fingerprint density at radius 2 is 1.70 bits per heavy atom. The highest BCUT2D eigenvalue weighted by atomic mass is 19.1. The molecule has 1 atom stereocenters. The summed E-state index contributed by atoms with van der Waals surface area (Å²) in [6.07, 6.45) is 0. The molecule has 0 spiro atoms. The number of halogens is 1. The lowest BCUT2D eigenvalue weighted by molar-refractivity contribution is -0.120. The number of carbonyl (C=O) groups excluding carboxylic acids is 2. The molecule has 142 valence electrons. The number of hydrogen-bond donors (Lipinski definition) is 1. The van der Waals surface area contributed by atoms with E-state index in [1.54, 1.807) is 12.1 Å². The molecule has 2 aromatic rings. The van der Waals surface area contributed by atoms with Crippen LogP contribution in [-0.2, 0) is 4.79 Å². The van der Waals surface area contributed by atoms with Gasteiger partial charge in [-0.2, -0.15) is 0 Å². The number of amides is 1. The van der Waals surface area contributed by atoms with Crippen LogP contribution in [0.4, 0.5) is 15.8 Å². The zero-order valence-electron chi connectivity index (χ0n) is 15.6. The first-order chi connectivity index (χ1) is 13.0. The SMILES string of the molecule is CC(=O)c1ccc(N2CCN([C@H](C)C(=O)Nc3ccccc3)CC2)c(F)c1. The standard InChI is InChI=1S/C21H24FN3O2/c1-15(21(27)23-18-6-4-3-5-7-18)24-10-12-25(13-11-24)20-9-8-17(16(2)26)14-19(20)22/h3-9,14-15H,10-13H2,1-2H3,(H,23,27)/t15-/m1/s1. The minimum Gasteiger partial charge on any atom is -0.367 e. The smallest absolute Gasteiger partial charge is 0.241 e. The zero-order chi connectivity index (χ0) is 19.4. The monoisotopic (exact) mass is 369 g/mol. The lowest BCUT2D eigenvalue weighted by Crippen LogP contribution is -2.53. The molecule has 0 bridgehead atoms. The van der Waals surface area contributed by atoms with E-state index in [9.17, 15) is 14.0 Å². The summed E-state index contributed by atoms with van der Waals surface area (Å²) in [5.74, 6) is -0.582. The number of nitrogens with one attached hydrogen (secondary N) is 1. The van der Waals surface area contributed by atoms with Gasteiger partial charge in [0.25, 0.3) is 0 Å². The average Bonchev–Trinajstić information content (AvgIpc) is 2.68. The highest BCUT2D eigenvalue weighted by Crippen LogP contribution is 2.23. The summed E-state index contributed by atoms with van der Waals surface area (Å²) < 4.78 is 14.3. The second-order valence-electron chi connectivity index (χ2n) is 6.78. The predicted octanol–water partition coefficient (Wildman–Crippen LogP) is 3.18. The summed E-state index contributed by atoms with van der Waals surface area (Å²) in [4.78, 5) is 27.9. The Morgan fingerprint density at radius 1 is 1.04 bits per heavy atom. The normalized spacial score (nSPS) is 16.0. The van der Waals surface area contributed by atoms with Gasteiger partial charge in [-0.1, -0.05) is 18.2 Å². The molecule has 1 fully saturated rings. The van der Waals surface area contributed by atoms with Crippen LogP contribution in [0, 0.1) is 5.82 Å². The number of ketones is 1. The molecule has 0 saturated carbocycles. The summed E-state index contributed by atoms with van der Waals surface area (Å²) in [5.41, 5.74) is 1.66. The molecule has 1 saturated heterocycles. The molecule has 6 heteroatoms. The van der Waals surface area contributed by atoms with Gasteiger partial charge in [0, 0.05) is 37.4 Å². The van der Waals surface area contributed by atoms with Crippen molar-refractivity contribution in [1.82, 2.24) is 4.90 Å². The summed E-state index contributed by atoms with van der Waals surface area (Å²) >= 11 is 0. The van der Waals surface area contributed by atoms with Gasteiger partial charge in [-0.05, 0) is 44.2 Å². The number of benzene rings is 2. The molecule has 3 rings (SSSR count). The first-order valence-corrected chi connectivity index (χ1v) is 9.11. The van der Waals surface area contributed by atoms with Crippen molar-refractivity contribution < 1.29 is 14.0 Å². The van der Waals surface area contributed by atoms with Crippen LogP contribution in [0.25, 0.3) is 0 Å². The summed E-state index contributed by atoms with van der Waals surface area (Å²) in [5, 5.41) is 2.92. The number of anilines is 2. The van der Waals surface area contributed by atoms with Gasteiger partial charge in [0.2, 0.25) is 5.91 Å². The van der Waals surface area contributed by atoms with Gasteiger partial charge in [-0.25, -0.2) is 4.39 Å². The molecule has 1 N–H and O–H groups in total. The van der Waals surface area contributed by atoms with Gasteiger partial charge in [-0.3, -0.25) is 14.5 Å². The Bertz CT molecular complexity index is 817. The third-order valence-corrected chi connectivity index (χ3v) is 4.98. The van der Waals surface area contributed by atoms with Crippen LogP contribution in [0.1, 0.15) is 24.2 Å². The van der Waals surface area contributed by atoms with Crippen molar-refractivity contribution in [2.45, 2.75) is 19.9 Å². The van der Waals surface area contributed by atoms with Gasteiger partial charge in [0.05, 0.1) is 11.7 Å². The van der Waals surface area contributed by atoms with Crippen molar-refractivity contribution in [3.8, 4) is 0 Å². The van der Waals surface area contributed by atoms with Crippen LogP contribution in [0.15, 0.2) is 48.5 Å². The molecule has 0 aromatic heterocycles. The van der Waals surface area contributed by atoms with Gasteiger partial charge in [-0.15, -0.1) is 0 Å². The molecule has 27 heavy (non-hydrogen) atoms. The fourth-order valence-corrected chi connectivity index (χ4v) is 3.27. The molecule has 5 nitrogen and oxygen atoms in total. The Morgan fingerprint density at radius 3 is 2.30 bits per heavy atom. The molecule has 0 unspecified atom stereocenters. The number of nitrogens with zero attached hydrogens (tertiary/aromatic N) is 2. The van der Waals surface area contributed by atoms with Gasteiger partial charge in [0.15, 0.2) is 5.78 Å². The topological polar surface area (TPSA) is 52.7 Å². The van der Waals surface area contributed by atoms with Crippen LogP contribution in [-0.4, -0.2) is 48.8 Å². The third kappa shape index (κ3) is 4.52. The average molecular weight is 369 g/mol. The lowest BCUT2D eigenvalue weighted by Gasteiger charge is -2.38. The first kappa shape index (κ1) is 19.0. The molecule has 2 aromatic carbocycles. The number of Topliss-reactive ketones (excluding diaryl/α,β-unsaturated/α-hetero) is 1. The van der Waals surface area contributed by atoms with Crippen LogP contribution in [0.5, 0.6) is 0 Å². The van der Waals surface area contributed by atoms with E-state index in [1.807, 2.05) is 42.2 Å². The molecular formula is C21H24FN3O2. The van der Waals surface area contributed by atoms with E-state index in [2.05, 4.69) is 10.2 Å². The van der Waals surface area contributed by atoms with E-state index >= 15 is 0 Å². The maximum absolute atomic E-state index is 14.3. The predicted molar refractivity (Wildman–Crippen MR) is 105 cm³/mol. The van der Waals surface area contributed by atoms with Crippen LogP contribution >= 0.6 is 0 Å². The molecule has 1 heterocycles. The fourth-order valence-electron chi connectivity index (χ4n) is 3.27. The van der Waals surface area contributed by atoms with Crippen LogP contribution in [0.2, 0.25) is 0 Å². The Labute approximate surface area is 158 Å². The van der Waals surface area contributed by atoms with Gasteiger partial charge in [0.1, 0.15) is 5.82 Å². The maximum Gasteiger partial charge on any atom is 0.241 e. The van der Waals surface area contributed by atoms with E-state index in [0.29, 0.717) is 37.4 Å². The van der Waals surface area contributed by atoms with Gasteiger partial charge < -0.3 is 10.2 Å². The summed E-state index contributed by atoms with van der Waals surface area (Å²) in [7, 11) is 0. The van der Waals surface area contributed by atoms with Crippen molar-refractivity contribution in [2.75, 3.05) is 36.4 Å². The summed E-state index contributed by atoms with van der Waals surface area (Å²) in [6.45, 7) is 5.89. The minimum absolute atomic E-state index is 0.0494. The van der Waals surface area contributed by atoms with Crippen LogP contribution in [0.3, 0.4) is 0 Å². The van der Waals surface area contributed by atoms with Crippen LogP contribution < -0.4 is 10.2 Å². The number of carbonyl (C=O) groups is 2. The Kier molecular flexibility index (Phi) is 5.86. The number of hydrogen-bond acceptors (Lipinski definition) is 4. The number of piperazine rings is 1. The van der Waals surface area contributed by atoms with E-state index < -0.39 is 0 Å². The van der Waals surface area contributed by atoms with Crippen molar-refractivity contribution in [2.24, 2.45) is 0 Å². The second-order valence-corrected chi connectivity index (χ2v) is 6.78. The van der Waals surface area contributed by atoms with Crippen molar-refractivity contribution in [3.63, 3.8) is 0 Å². The fraction of sp³-hybridized carbons (Fsp3) is 0.333. The van der Waals surface area contributed by atoms with E-state index in [4.69, 9.17) is 0 Å². The number of para-hydroxylation sites is 1. The van der Waals surface area contributed by atoms with Gasteiger partial charge >= 0.3 is 0 Å². The molecule has 1 aliphatic heterocycles. The van der Waals surface area contributed by atoms with E-state index in [-0.39, 0.29) is 23.5 Å². The molecule has 1 aliphatic rings. The minimum atomic E-state index is -0.383. The van der Waals surface area contributed by atoms with E-state index in [1.165, 1.54) is 13.0 Å². The third-order valence-electron chi connectivity index (χ3n) is 4.98. The summed E-state index contributed by atoms with van der Waals surface area (Å²) in [6, 6.07) is 13.7. The highest BCUT2D eigenvalue weighted by molar-refractivity contribution is 5.95. The largest absolute Gasteiger partial charge is 0.367 e. The van der Waals surface area contributed by atoms with E-state index in [0.717, 1.165) is 5.69 Å².